The van der Waals surface area contributed by atoms with Crippen molar-refractivity contribution in [2.24, 2.45) is 5.41 Å². The molecular formula is C21H28N6. The first kappa shape index (κ1) is 17.9. The molecule has 1 fully saturated rings. The lowest BCUT2D eigenvalue weighted by Gasteiger charge is -2.26. The molecule has 6 heteroatoms. The molecule has 0 bridgehead atoms. The van der Waals surface area contributed by atoms with Gasteiger partial charge in [0.15, 0.2) is 11.5 Å². The van der Waals surface area contributed by atoms with Crippen molar-refractivity contribution in [2.45, 2.75) is 39.7 Å². The van der Waals surface area contributed by atoms with Crippen LogP contribution in [0.4, 0.5) is 5.82 Å². The Labute approximate surface area is 160 Å². The molecule has 1 atom stereocenters. The van der Waals surface area contributed by atoms with Gasteiger partial charge in [-0.2, -0.15) is 5.10 Å². The minimum Gasteiger partial charge on any atom is -0.362 e. The van der Waals surface area contributed by atoms with Crippen molar-refractivity contribution in [2.75, 3.05) is 25.0 Å². The van der Waals surface area contributed by atoms with Crippen molar-refractivity contribution in [3.8, 4) is 0 Å². The van der Waals surface area contributed by atoms with Gasteiger partial charge in [-0.1, -0.05) is 26.8 Å². The molecule has 1 unspecified atom stereocenters. The first-order valence-electron chi connectivity index (χ1n) is 9.69. The van der Waals surface area contributed by atoms with Crippen LogP contribution in [0.3, 0.4) is 0 Å². The van der Waals surface area contributed by atoms with Gasteiger partial charge in [0.2, 0.25) is 0 Å². The van der Waals surface area contributed by atoms with Crippen LogP contribution in [0.2, 0.25) is 0 Å². The van der Waals surface area contributed by atoms with E-state index in [9.17, 15) is 0 Å². The molecule has 0 aliphatic carbocycles. The number of H-pyrrole nitrogens is 1. The van der Waals surface area contributed by atoms with Crippen LogP contribution in [0.25, 0.3) is 11.0 Å². The van der Waals surface area contributed by atoms with E-state index in [0.717, 1.165) is 42.2 Å². The number of likely N-dealkylation sites (tertiary alicyclic amines) is 1. The summed E-state index contributed by atoms with van der Waals surface area (Å²) in [4.78, 5) is 11.8. The number of rotatable bonds is 5. The monoisotopic (exact) mass is 364 g/mol. The summed E-state index contributed by atoms with van der Waals surface area (Å²) in [7, 11) is 0. The highest BCUT2D eigenvalue weighted by Crippen LogP contribution is 2.30. The summed E-state index contributed by atoms with van der Waals surface area (Å²) >= 11 is 0. The molecule has 3 aromatic heterocycles. The Morgan fingerprint density at radius 2 is 2.11 bits per heavy atom. The molecular weight excluding hydrogens is 336 g/mol. The summed E-state index contributed by atoms with van der Waals surface area (Å²) in [6, 6.07) is 10.2. The van der Waals surface area contributed by atoms with E-state index in [2.05, 4.69) is 58.3 Å². The molecule has 1 saturated heterocycles. The number of fused-ring (bicyclic) bond motifs is 1. The molecule has 4 heterocycles. The summed E-state index contributed by atoms with van der Waals surface area (Å²) in [5.74, 6) is 1.33. The van der Waals surface area contributed by atoms with Crippen LogP contribution in [-0.2, 0) is 6.54 Å². The first-order valence-corrected chi connectivity index (χ1v) is 9.69. The molecule has 1 aliphatic rings. The lowest BCUT2D eigenvalue weighted by atomic mass is 9.96. The van der Waals surface area contributed by atoms with Gasteiger partial charge in [-0.05, 0) is 42.6 Å². The van der Waals surface area contributed by atoms with E-state index in [4.69, 9.17) is 4.98 Å². The summed E-state index contributed by atoms with van der Waals surface area (Å²) in [5.41, 5.74) is 3.34. The van der Waals surface area contributed by atoms with Crippen molar-refractivity contribution >= 4 is 16.9 Å². The fourth-order valence-electron chi connectivity index (χ4n) is 3.85. The van der Waals surface area contributed by atoms with Crippen molar-refractivity contribution in [3.63, 3.8) is 0 Å². The molecule has 1 aliphatic heterocycles. The lowest BCUT2D eigenvalue weighted by Crippen LogP contribution is -2.30. The number of nitrogens with one attached hydrogen (secondary N) is 2. The molecule has 3 aromatic rings. The fraction of sp³-hybridized carbons (Fsp3) is 0.476. The van der Waals surface area contributed by atoms with E-state index in [1.807, 2.05) is 18.2 Å². The third kappa shape index (κ3) is 4.27. The van der Waals surface area contributed by atoms with Crippen LogP contribution in [0.15, 0.2) is 36.5 Å². The minimum atomic E-state index is 0.337. The van der Waals surface area contributed by atoms with E-state index in [-0.39, 0.29) is 0 Å². The van der Waals surface area contributed by atoms with Crippen LogP contribution in [0, 0.1) is 5.41 Å². The Morgan fingerprint density at radius 3 is 2.89 bits per heavy atom. The predicted molar refractivity (Wildman–Crippen MR) is 109 cm³/mol. The summed E-state index contributed by atoms with van der Waals surface area (Å²) < 4.78 is 0. The number of anilines is 1. The Bertz CT molecular complexity index is 896. The number of aromatic amines is 1. The van der Waals surface area contributed by atoms with Gasteiger partial charge in [0.05, 0.1) is 17.6 Å². The highest BCUT2D eigenvalue weighted by atomic mass is 15.2. The van der Waals surface area contributed by atoms with Crippen LogP contribution < -0.4 is 5.32 Å². The van der Waals surface area contributed by atoms with Crippen LogP contribution in [-0.4, -0.2) is 44.7 Å². The number of hydrogen-bond acceptors (Lipinski definition) is 5. The highest BCUT2D eigenvalue weighted by Gasteiger charge is 2.28. The number of hydrogen-bond donors (Lipinski definition) is 2. The summed E-state index contributed by atoms with van der Waals surface area (Å²) in [6.07, 6.45) is 2.98. The van der Waals surface area contributed by atoms with Gasteiger partial charge in [-0.15, -0.1) is 0 Å². The zero-order chi connectivity index (χ0) is 18.9. The normalized spacial score (nSPS) is 18.3. The molecule has 6 nitrogen and oxygen atoms in total. The van der Waals surface area contributed by atoms with Crippen molar-refractivity contribution in [1.29, 1.82) is 0 Å². The van der Waals surface area contributed by atoms with Crippen LogP contribution in [0.1, 0.15) is 44.5 Å². The molecule has 4 rings (SSSR count). The molecule has 0 amide bonds. The van der Waals surface area contributed by atoms with E-state index >= 15 is 0 Å². The van der Waals surface area contributed by atoms with Crippen molar-refractivity contribution < 1.29 is 0 Å². The van der Waals surface area contributed by atoms with Crippen LogP contribution >= 0.6 is 0 Å². The van der Waals surface area contributed by atoms with Gasteiger partial charge in [-0.3, -0.25) is 10.1 Å². The van der Waals surface area contributed by atoms with E-state index in [0.29, 0.717) is 17.9 Å². The first-order chi connectivity index (χ1) is 13.0. The van der Waals surface area contributed by atoms with E-state index < -0.39 is 0 Å². The third-order valence-corrected chi connectivity index (χ3v) is 5.00. The second kappa shape index (κ2) is 7.27. The largest absolute Gasteiger partial charge is 0.362 e. The fourth-order valence-corrected chi connectivity index (χ4v) is 3.85. The number of aromatic nitrogens is 4. The molecule has 2 N–H and O–H groups in total. The predicted octanol–water partition coefficient (Wildman–Crippen LogP) is 3.80. The maximum atomic E-state index is 4.86. The number of pyridine rings is 2. The van der Waals surface area contributed by atoms with Gasteiger partial charge in [0.1, 0.15) is 0 Å². The molecule has 142 valence electrons. The zero-order valence-electron chi connectivity index (χ0n) is 16.4. The minimum absolute atomic E-state index is 0.337. The topological polar surface area (TPSA) is 69.7 Å². The van der Waals surface area contributed by atoms with E-state index in [1.165, 1.54) is 12.1 Å². The lowest BCUT2D eigenvalue weighted by molar-refractivity contribution is 0.225. The Morgan fingerprint density at radius 1 is 1.22 bits per heavy atom. The van der Waals surface area contributed by atoms with Gasteiger partial charge in [0.25, 0.3) is 0 Å². The summed E-state index contributed by atoms with van der Waals surface area (Å²) in [5, 5.41) is 11.9. The van der Waals surface area contributed by atoms with Gasteiger partial charge >= 0.3 is 0 Å². The quantitative estimate of drug-likeness (QED) is 0.721. The van der Waals surface area contributed by atoms with Crippen molar-refractivity contribution in [1.82, 2.24) is 25.1 Å². The second-order valence-electron chi connectivity index (χ2n) is 8.66. The zero-order valence-corrected chi connectivity index (χ0v) is 16.4. The Kier molecular flexibility index (Phi) is 4.83. The SMILES string of the molecule is CC(C)(C)CN1CCC(c2ccc3c(NCc4ccccn4)n[nH]c3n2)C1. The number of nitrogens with zero attached hydrogens (tertiary/aromatic N) is 4. The molecule has 0 spiro atoms. The highest BCUT2D eigenvalue weighted by molar-refractivity contribution is 5.87. The Hall–Kier alpha value is -2.47. The maximum absolute atomic E-state index is 4.86. The third-order valence-electron chi connectivity index (χ3n) is 5.00. The second-order valence-corrected chi connectivity index (χ2v) is 8.66. The molecule has 27 heavy (non-hydrogen) atoms. The standard InChI is InChI=1S/C21H28N6/c1-21(2,3)14-27-11-9-15(13-27)18-8-7-17-19(25-26-20(17)24-18)23-12-16-6-4-5-10-22-16/h4-8,10,15H,9,11-14H2,1-3H3,(H2,23,24,25,26). The van der Waals surface area contributed by atoms with Gasteiger partial charge in [0, 0.05) is 30.9 Å². The maximum Gasteiger partial charge on any atom is 0.157 e. The van der Waals surface area contributed by atoms with E-state index in [1.54, 1.807) is 6.20 Å². The Balaban J connectivity index is 1.45. The van der Waals surface area contributed by atoms with Crippen molar-refractivity contribution in [3.05, 3.63) is 47.9 Å². The molecule has 0 aromatic carbocycles. The van der Waals surface area contributed by atoms with Gasteiger partial charge < -0.3 is 10.2 Å². The van der Waals surface area contributed by atoms with Crippen LogP contribution in [0.5, 0.6) is 0 Å². The summed E-state index contributed by atoms with van der Waals surface area (Å²) in [6.45, 7) is 10.9. The average molecular weight is 364 g/mol. The smallest absolute Gasteiger partial charge is 0.157 e. The average Bonchev–Trinajstić information content (AvgIpc) is 3.26. The molecule has 0 radical (unpaired) electrons. The molecule has 0 saturated carbocycles. The van der Waals surface area contributed by atoms with Gasteiger partial charge in [-0.25, -0.2) is 4.98 Å².